The topological polar surface area (TPSA) is 95.4 Å². The lowest BCUT2D eigenvalue weighted by Gasteiger charge is -2.22. The normalized spacial score (nSPS) is 22.8. The number of carboxylic acid groups (broad SMARTS) is 1. The number of amides is 2. The summed E-state index contributed by atoms with van der Waals surface area (Å²) in [7, 11) is 0. The summed E-state index contributed by atoms with van der Waals surface area (Å²) in [5, 5.41) is 11.5. The van der Waals surface area contributed by atoms with Gasteiger partial charge in [0.25, 0.3) is 0 Å². The molecule has 0 radical (unpaired) electrons. The molecule has 2 unspecified atom stereocenters. The van der Waals surface area contributed by atoms with Crippen LogP contribution in [-0.4, -0.2) is 44.6 Å². The number of urea groups is 1. The van der Waals surface area contributed by atoms with Crippen LogP contribution in [0.15, 0.2) is 18.5 Å². The number of aliphatic carboxylic acids is 1. The van der Waals surface area contributed by atoms with Gasteiger partial charge in [0.05, 0.1) is 5.92 Å². The molecule has 0 spiro atoms. The van der Waals surface area contributed by atoms with E-state index in [9.17, 15) is 9.59 Å². The Balaban J connectivity index is 2.01. The fourth-order valence-electron chi connectivity index (χ4n) is 2.09. The maximum absolute atomic E-state index is 11.9. The van der Waals surface area contributed by atoms with Crippen molar-refractivity contribution in [2.75, 3.05) is 11.9 Å². The molecule has 0 saturated carbocycles. The second-order valence-corrected chi connectivity index (χ2v) is 4.17. The number of nitrogens with one attached hydrogen (secondary N) is 1. The molecule has 2 heterocycles. The zero-order valence-electron chi connectivity index (χ0n) is 9.91. The number of anilines is 1. The van der Waals surface area contributed by atoms with E-state index in [1.807, 2.05) is 0 Å². The maximum Gasteiger partial charge on any atom is 0.324 e. The van der Waals surface area contributed by atoms with E-state index in [1.54, 1.807) is 13.0 Å². The number of rotatable bonds is 2. The zero-order valence-corrected chi connectivity index (χ0v) is 9.91. The highest BCUT2D eigenvalue weighted by Gasteiger charge is 2.38. The third-order valence-corrected chi connectivity index (χ3v) is 3.12. The van der Waals surface area contributed by atoms with Crippen LogP contribution in [0.2, 0.25) is 0 Å². The molecule has 18 heavy (non-hydrogen) atoms. The maximum atomic E-state index is 11.9. The number of hydrogen-bond acceptors (Lipinski definition) is 4. The molecule has 1 saturated heterocycles. The van der Waals surface area contributed by atoms with Gasteiger partial charge in [-0.2, -0.15) is 0 Å². The molecule has 2 rings (SSSR count). The number of carboxylic acids is 1. The van der Waals surface area contributed by atoms with Gasteiger partial charge in [0.15, 0.2) is 0 Å². The summed E-state index contributed by atoms with van der Waals surface area (Å²) in [4.78, 5) is 32.2. The van der Waals surface area contributed by atoms with Crippen molar-refractivity contribution in [3.05, 3.63) is 18.5 Å². The van der Waals surface area contributed by atoms with Crippen LogP contribution in [0.3, 0.4) is 0 Å². The van der Waals surface area contributed by atoms with Crippen molar-refractivity contribution in [1.29, 1.82) is 0 Å². The predicted octanol–water partition coefficient (Wildman–Crippen LogP) is 0.803. The van der Waals surface area contributed by atoms with Gasteiger partial charge in [-0.25, -0.2) is 14.8 Å². The Labute approximate surface area is 104 Å². The van der Waals surface area contributed by atoms with Crippen LogP contribution < -0.4 is 5.32 Å². The van der Waals surface area contributed by atoms with Crippen LogP contribution >= 0.6 is 0 Å². The SMILES string of the molecule is CC1C(C(=O)O)CCN1C(=O)Nc1ncccn1. The summed E-state index contributed by atoms with van der Waals surface area (Å²) in [6, 6.07) is 0.956. The van der Waals surface area contributed by atoms with Crippen LogP contribution in [0.1, 0.15) is 13.3 Å². The van der Waals surface area contributed by atoms with E-state index in [0.29, 0.717) is 13.0 Å². The van der Waals surface area contributed by atoms with Gasteiger partial charge in [-0.3, -0.25) is 10.1 Å². The lowest BCUT2D eigenvalue weighted by molar-refractivity contribution is -0.142. The fraction of sp³-hybridized carbons (Fsp3) is 0.455. The number of carbonyl (C=O) groups is 2. The van der Waals surface area contributed by atoms with Crippen molar-refractivity contribution in [3.8, 4) is 0 Å². The Bertz CT molecular complexity index is 451. The quantitative estimate of drug-likeness (QED) is 0.809. The van der Waals surface area contributed by atoms with Crippen LogP contribution in [0, 0.1) is 5.92 Å². The minimum atomic E-state index is -0.867. The minimum absolute atomic E-state index is 0.216. The molecule has 7 heteroatoms. The summed E-state index contributed by atoms with van der Waals surface area (Å²) in [5.74, 6) is -1.16. The summed E-state index contributed by atoms with van der Waals surface area (Å²) in [6.45, 7) is 2.16. The Morgan fingerprint density at radius 1 is 1.44 bits per heavy atom. The molecule has 1 fully saturated rings. The Kier molecular flexibility index (Phi) is 3.40. The van der Waals surface area contributed by atoms with Crippen LogP contribution in [-0.2, 0) is 4.79 Å². The standard InChI is InChI=1S/C11H14N4O3/c1-7-8(9(16)17)3-6-15(7)11(18)14-10-12-4-2-5-13-10/h2,4-5,7-8H,3,6H2,1H3,(H,16,17)(H,12,13,14,18). The average Bonchev–Trinajstić information content (AvgIpc) is 2.72. The molecule has 0 bridgehead atoms. The Hall–Kier alpha value is -2.18. The number of aromatic nitrogens is 2. The first-order valence-electron chi connectivity index (χ1n) is 5.67. The molecule has 1 aromatic rings. The number of carbonyl (C=O) groups excluding carboxylic acids is 1. The van der Waals surface area contributed by atoms with Gasteiger partial charge in [0.2, 0.25) is 5.95 Å². The van der Waals surface area contributed by atoms with Crippen LogP contribution in [0.25, 0.3) is 0 Å². The van der Waals surface area contributed by atoms with Crippen molar-refractivity contribution in [2.24, 2.45) is 5.92 Å². The third kappa shape index (κ3) is 2.39. The molecule has 1 aliphatic heterocycles. The highest BCUT2D eigenvalue weighted by Crippen LogP contribution is 2.24. The van der Waals surface area contributed by atoms with Gasteiger partial charge in [0.1, 0.15) is 0 Å². The third-order valence-electron chi connectivity index (χ3n) is 3.12. The predicted molar refractivity (Wildman–Crippen MR) is 63.0 cm³/mol. The number of likely N-dealkylation sites (tertiary alicyclic amines) is 1. The number of nitrogens with zero attached hydrogens (tertiary/aromatic N) is 3. The van der Waals surface area contributed by atoms with Crippen molar-refractivity contribution in [3.63, 3.8) is 0 Å². The van der Waals surface area contributed by atoms with E-state index in [4.69, 9.17) is 5.11 Å². The molecular weight excluding hydrogens is 236 g/mol. The molecule has 1 aromatic heterocycles. The molecule has 1 aliphatic rings. The van der Waals surface area contributed by atoms with Gasteiger partial charge in [-0.05, 0) is 19.4 Å². The molecule has 2 N–H and O–H groups in total. The fourth-order valence-corrected chi connectivity index (χ4v) is 2.09. The van der Waals surface area contributed by atoms with Crippen molar-refractivity contribution < 1.29 is 14.7 Å². The first kappa shape index (κ1) is 12.3. The van der Waals surface area contributed by atoms with E-state index < -0.39 is 11.9 Å². The van der Waals surface area contributed by atoms with E-state index in [-0.39, 0.29) is 18.0 Å². The molecule has 0 aromatic carbocycles. The van der Waals surface area contributed by atoms with Crippen LogP contribution in [0.5, 0.6) is 0 Å². The lowest BCUT2D eigenvalue weighted by Crippen LogP contribution is -2.40. The lowest BCUT2D eigenvalue weighted by atomic mass is 10.0. The smallest absolute Gasteiger partial charge is 0.324 e. The van der Waals surface area contributed by atoms with E-state index >= 15 is 0 Å². The van der Waals surface area contributed by atoms with Gasteiger partial charge < -0.3 is 10.0 Å². The zero-order chi connectivity index (χ0) is 13.1. The van der Waals surface area contributed by atoms with Crippen molar-refractivity contribution >= 4 is 17.9 Å². The van der Waals surface area contributed by atoms with Gasteiger partial charge in [-0.1, -0.05) is 0 Å². The number of hydrogen-bond donors (Lipinski definition) is 2. The molecule has 96 valence electrons. The Morgan fingerprint density at radius 3 is 2.67 bits per heavy atom. The Morgan fingerprint density at radius 2 is 2.11 bits per heavy atom. The molecule has 7 nitrogen and oxygen atoms in total. The minimum Gasteiger partial charge on any atom is -0.481 e. The van der Waals surface area contributed by atoms with Crippen molar-refractivity contribution in [1.82, 2.24) is 14.9 Å². The summed E-state index contributed by atoms with van der Waals surface area (Å²) < 4.78 is 0. The highest BCUT2D eigenvalue weighted by atomic mass is 16.4. The second kappa shape index (κ2) is 4.99. The van der Waals surface area contributed by atoms with Crippen LogP contribution in [0.4, 0.5) is 10.7 Å². The summed E-state index contributed by atoms with van der Waals surface area (Å²) in [6.07, 6.45) is 3.52. The monoisotopic (exact) mass is 250 g/mol. The average molecular weight is 250 g/mol. The largest absolute Gasteiger partial charge is 0.481 e. The molecular formula is C11H14N4O3. The van der Waals surface area contributed by atoms with E-state index in [1.165, 1.54) is 17.3 Å². The van der Waals surface area contributed by atoms with Gasteiger partial charge >= 0.3 is 12.0 Å². The highest BCUT2D eigenvalue weighted by molar-refractivity contribution is 5.88. The van der Waals surface area contributed by atoms with Gasteiger partial charge in [-0.15, -0.1) is 0 Å². The molecule has 0 aliphatic carbocycles. The van der Waals surface area contributed by atoms with E-state index in [0.717, 1.165) is 0 Å². The summed E-state index contributed by atoms with van der Waals surface area (Å²) >= 11 is 0. The van der Waals surface area contributed by atoms with E-state index in [2.05, 4.69) is 15.3 Å². The molecule has 2 atom stereocenters. The second-order valence-electron chi connectivity index (χ2n) is 4.17. The first-order chi connectivity index (χ1) is 8.59. The van der Waals surface area contributed by atoms with Gasteiger partial charge in [0, 0.05) is 25.0 Å². The molecule has 2 amide bonds. The first-order valence-corrected chi connectivity index (χ1v) is 5.67. The summed E-state index contributed by atoms with van der Waals surface area (Å²) in [5.41, 5.74) is 0. The van der Waals surface area contributed by atoms with Crippen molar-refractivity contribution in [2.45, 2.75) is 19.4 Å².